The molecule has 0 bridgehead atoms. The van der Waals surface area contributed by atoms with Gasteiger partial charge in [0, 0.05) is 6.04 Å². The van der Waals surface area contributed by atoms with Crippen molar-refractivity contribution < 1.29 is 13.2 Å². The lowest BCUT2D eigenvalue weighted by Crippen LogP contribution is -2.40. The van der Waals surface area contributed by atoms with E-state index in [1.807, 2.05) is 6.07 Å². The summed E-state index contributed by atoms with van der Waals surface area (Å²) in [4.78, 5) is 1.39. The summed E-state index contributed by atoms with van der Waals surface area (Å²) in [5.74, 6) is 0. The third-order valence-corrected chi connectivity index (χ3v) is 2.76. The van der Waals surface area contributed by atoms with E-state index in [2.05, 4.69) is 0 Å². The van der Waals surface area contributed by atoms with E-state index in [4.69, 9.17) is 11.0 Å². The molecule has 0 amide bonds. The van der Waals surface area contributed by atoms with E-state index in [1.54, 1.807) is 20.8 Å². The summed E-state index contributed by atoms with van der Waals surface area (Å²) in [5.41, 5.74) is 4.76. The fraction of sp³-hybridized carbons (Fsp3) is 0.917. The molecule has 0 aliphatic rings. The highest BCUT2D eigenvalue weighted by Gasteiger charge is 2.31. The van der Waals surface area contributed by atoms with E-state index in [1.165, 1.54) is 4.90 Å². The number of nitrogens with zero attached hydrogens (tertiary/aromatic N) is 2. The second-order valence-electron chi connectivity index (χ2n) is 5.17. The van der Waals surface area contributed by atoms with Crippen LogP contribution in [0.1, 0.15) is 40.0 Å². The molecule has 0 aromatic heterocycles. The van der Waals surface area contributed by atoms with E-state index < -0.39 is 18.3 Å². The first kappa shape index (κ1) is 17.2. The van der Waals surface area contributed by atoms with E-state index >= 15 is 0 Å². The highest BCUT2D eigenvalue weighted by molar-refractivity contribution is 5.00. The van der Waals surface area contributed by atoms with Crippen LogP contribution in [-0.2, 0) is 0 Å². The third-order valence-electron chi connectivity index (χ3n) is 2.76. The molecule has 106 valence electrons. The van der Waals surface area contributed by atoms with Gasteiger partial charge in [0.25, 0.3) is 0 Å². The first-order chi connectivity index (χ1) is 8.07. The normalized spacial score (nSPS) is 15.8. The molecule has 0 aliphatic carbocycles. The largest absolute Gasteiger partial charge is 0.401 e. The monoisotopic (exact) mass is 265 g/mol. The molecule has 0 saturated carbocycles. The van der Waals surface area contributed by atoms with Gasteiger partial charge in [-0.1, -0.05) is 0 Å². The highest BCUT2D eigenvalue weighted by atomic mass is 19.4. The number of hydrogen-bond donors (Lipinski definition) is 1. The van der Waals surface area contributed by atoms with Crippen LogP contribution in [0.4, 0.5) is 13.2 Å². The molecule has 0 aromatic carbocycles. The van der Waals surface area contributed by atoms with Crippen molar-refractivity contribution in [2.24, 2.45) is 5.73 Å². The summed E-state index contributed by atoms with van der Waals surface area (Å²) >= 11 is 0. The quantitative estimate of drug-likeness (QED) is 0.720. The van der Waals surface area contributed by atoms with Gasteiger partial charge < -0.3 is 5.73 Å². The van der Waals surface area contributed by atoms with Crippen molar-refractivity contribution in [2.75, 3.05) is 13.1 Å². The SMILES string of the molecule is CC(C)N(CCCCC(C)(N)C#N)CC(F)(F)F. The average Bonchev–Trinajstić information content (AvgIpc) is 2.20. The Labute approximate surface area is 107 Å². The van der Waals surface area contributed by atoms with Crippen LogP contribution in [0.2, 0.25) is 0 Å². The minimum absolute atomic E-state index is 0.146. The zero-order valence-electron chi connectivity index (χ0n) is 11.2. The van der Waals surface area contributed by atoms with Crippen LogP contribution >= 0.6 is 0 Å². The maximum Gasteiger partial charge on any atom is 0.401 e. The number of halogens is 3. The molecule has 0 spiro atoms. The Balaban J connectivity index is 4.04. The summed E-state index contributed by atoms with van der Waals surface area (Å²) < 4.78 is 36.9. The van der Waals surface area contributed by atoms with Crippen LogP contribution in [0, 0.1) is 11.3 Å². The Morgan fingerprint density at radius 3 is 2.22 bits per heavy atom. The molecule has 3 nitrogen and oxygen atoms in total. The van der Waals surface area contributed by atoms with Crippen molar-refractivity contribution in [3.63, 3.8) is 0 Å². The first-order valence-electron chi connectivity index (χ1n) is 6.08. The van der Waals surface area contributed by atoms with Gasteiger partial charge in [-0.2, -0.15) is 18.4 Å². The second kappa shape index (κ2) is 6.95. The van der Waals surface area contributed by atoms with Crippen LogP contribution < -0.4 is 5.73 Å². The third kappa shape index (κ3) is 8.31. The van der Waals surface area contributed by atoms with Crippen molar-refractivity contribution in [1.82, 2.24) is 4.90 Å². The second-order valence-corrected chi connectivity index (χ2v) is 5.17. The van der Waals surface area contributed by atoms with Crippen LogP contribution in [0.25, 0.3) is 0 Å². The average molecular weight is 265 g/mol. The molecule has 0 rings (SSSR count). The van der Waals surface area contributed by atoms with Crippen molar-refractivity contribution in [1.29, 1.82) is 5.26 Å². The van der Waals surface area contributed by atoms with Gasteiger partial charge in [0.05, 0.1) is 12.6 Å². The molecular weight excluding hydrogens is 243 g/mol. The maximum atomic E-state index is 12.3. The Morgan fingerprint density at radius 2 is 1.83 bits per heavy atom. The van der Waals surface area contributed by atoms with Gasteiger partial charge in [0.1, 0.15) is 5.54 Å². The zero-order chi connectivity index (χ0) is 14.4. The van der Waals surface area contributed by atoms with Gasteiger partial charge in [0.15, 0.2) is 0 Å². The minimum Gasteiger partial charge on any atom is -0.314 e. The van der Waals surface area contributed by atoms with Gasteiger partial charge in [-0.05, 0) is 46.6 Å². The van der Waals surface area contributed by atoms with Gasteiger partial charge >= 0.3 is 6.18 Å². The first-order valence-corrected chi connectivity index (χ1v) is 6.08. The molecule has 6 heteroatoms. The van der Waals surface area contributed by atoms with Crippen LogP contribution in [0.15, 0.2) is 0 Å². The molecule has 1 atom stereocenters. The summed E-state index contributed by atoms with van der Waals surface area (Å²) in [5, 5.41) is 8.71. The number of unbranched alkanes of at least 4 members (excludes halogenated alkanes) is 1. The van der Waals surface area contributed by atoms with Crippen molar-refractivity contribution in [3.8, 4) is 6.07 Å². The minimum atomic E-state index is -4.17. The summed E-state index contributed by atoms with van der Waals surface area (Å²) in [6.45, 7) is 4.60. The fourth-order valence-corrected chi connectivity index (χ4v) is 1.61. The Bertz CT molecular complexity index is 279. The molecule has 18 heavy (non-hydrogen) atoms. The Hall–Kier alpha value is -0.800. The summed E-state index contributed by atoms with van der Waals surface area (Å²) in [6.07, 6.45) is -2.40. The van der Waals surface area contributed by atoms with Gasteiger partial charge in [-0.15, -0.1) is 0 Å². The lowest BCUT2D eigenvalue weighted by molar-refractivity contribution is -0.149. The van der Waals surface area contributed by atoms with Crippen LogP contribution in [0.5, 0.6) is 0 Å². The maximum absolute atomic E-state index is 12.3. The molecule has 0 aliphatic heterocycles. The highest BCUT2D eigenvalue weighted by Crippen LogP contribution is 2.19. The molecule has 0 heterocycles. The van der Waals surface area contributed by atoms with Crippen LogP contribution in [-0.4, -0.2) is 35.7 Å². The Kier molecular flexibility index (Phi) is 6.64. The van der Waals surface area contributed by atoms with E-state index in [9.17, 15) is 13.2 Å². The van der Waals surface area contributed by atoms with Gasteiger partial charge in [0.2, 0.25) is 0 Å². The predicted molar refractivity (Wildman–Crippen MR) is 64.8 cm³/mol. The predicted octanol–water partition coefficient (Wildman–Crippen LogP) is 2.67. The molecule has 1 unspecified atom stereocenters. The van der Waals surface area contributed by atoms with Crippen molar-refractivity contribution >= 4 is 0 Å². The van der Waals surface area contributed by atoms with Gasteiger partial charge in [-0.3, -0.25) is 4.90 Å². The van der Waals surface area contributed by atoms with Gasteiger partial charge in [-0.25, -0.2) is 0 Å². The fourth-order valence-electron chi connectivity index (χ4n) is 1.61. The lowest BCUT2D eigenvalue weighted by Gasteiger charge is -2.27. The molecule has 2 N–H and O–H groups in total. The number of nitriles is 1. The molecule has 0 saturated heterocycles. The van der Waals surface area contributed by atoms with E-state index in [-0.39, 0.29) is 6.04 Å². The van der Waals surface area contributed by atoms with E-state index in [0.717, 1.165) is 0 Å². The number of nitrogens with two attached hydrogens (primary N) is 1. The summed E-state index contributed by atoms with van der Waals surface area (Å²) in [6, 6.07) is 1.83. The molecule has 0 fully saturated rings. The standard InChI is InChI=1S/C12H22F3N3/c1-10(2)18(9-12(13,14)15)7-5-4-6-11(3,17)8-16/h10H,4-7,9,17H2,1-3H3. The van der Waals surface area contributed by atoms with E-state index in [0.29, 0.717) is 25.8 Å². The summed E-state index contributed by atoms with van der Waals surface area (Å²) in [7, 11) is 0. The Morgan fingerprint density at radius 1 is 1.28 bits per heavy atom. The number of hydrogen-bond acceptors (Lipinski definition) is 3. The topological polar surface area (TPSA) is 53.0 Å². The van der Waals surface area contributed by atoms with Crippen molar-refractivity contribution in [2.45, 2.75) is 57.8 Å². The van der Waals surface area contributed by atoms with Crippen LogP contribution in [0.3, 0.4) is 0 Å². The number of alkyl halides is 3. The smallest absolute Gasteiger partial charge is 0.314 e. The molecular formula is C12H22F3N3. The molecule has 0 aromatic rings. The molecule has 0 radical (unpaired) electrons. The zero-order valence-corrected chi connectivity index (χ0v) is 11.2. The van der Waals surface area contributed by atoms with Crippen molar-refractivity contribution in [3.05, 3.63) is 0 Å². The lowest BCUT2D eigenvalue weighted by atomic mass is 9.98. The number of rotatable bonds is 7.